The summed E-state index contributed by atoms with van der Waals surface area (Å²) in [4.78, 5) is 28.9. The number of rotatable bonds is 11. The van der Waals surface area contributed by atoms with E-state index in [0.29, 0.717) is 36.0 Å². The number of aliphatic carboxylic acids is 1. The molecule has 8 heteroatoms. The number of oxazole rings is 1. The smallest absolute Gasteiger partial charge is 0.303 e. The van der Waals surface area contributed by atoms with E-state index in [1.807, 2.05) is 73.8 Å². The molecular weight excluding hydrogens is 476 g/mol. The number of thiophene rings is 1. The van der Waals surface area contributed by atoms with Crippen LogP contribution in [0.1, 0.15) is 44.2 Å². The van der Waals surface area contributed by atoms with E-state index in [-0.39, 0.29) is 18.9 Å². The van der Waals surface area contributed by atoms with Gasteiger partial charge in [-0.15, -0.1) is 11.3 Å². The van der Waals surface area contributed by atoms with Crippen LogP contribution in [0.2, 0.25) is 0 Å². The molecule has 4 rings (SSSR count). The number of ether oxygens (including phenoxy) is 1. The summed E-state index contributed by atoms with van der Waals surface area (Å²) < 4.78 is 11.8. The van der Waals surface area contributed by atoms with Crippen molar-refractivity contribution >= 4 is 23.2 Å². The van der Waals surface area contributed by atoms with Crippen LogP contribution in [0.4, 0.5) is 0 Å². The molecule has 0 aliphatic rings. The Morgan fingerprint density at radius 3 is 2.58 bits per heavy atom. The van der Waals surface area contributed by atoms with Crippen molar-refractivity contribution < 1.29 is 23.8 Å². The topological polar surface area (TPSA) is 102 Å². The molecule has 0 atom stereocenters. The minimum Gasteiger partial charge on any atom is -0.493 e. The van der Waals surface area contributed by atoms with Crippen LogP contribution in [0.15, 0.2) is 64.4 Å². The van der Waals surface area contributed by atoms with E-state index in [1.165, 1.54) is 11.3 Å². The van der Waals surface area contributed by atoms with Crippen molar-refractivity contribution in [3.8, 4) is 17.2 Å². The molecule has 0 bridgehead atoms. The standard InChI is InChI=1S/C28H28N2O5S/c1-18-14-25(36-17-18)27(33)29-16-22-15-23(10-8-20(22)9-11-26(31)32)34-13-12-24-19(2)35-28(30-24)21-6-4-3-5-7-21/h3-8,10,14-15,17H,9,11-13,16H2,1-2H3,(H,29,33)(H,31,32). The molecular formula is C28H28N2O5S. The monoisotopic (exact) mass is 504 g/mol. The highest BCUT2D eigenvalue weighted by molar-refractivity contribution is 7.12. The molecule has 36 heavy (non-hydrogen) atoms. The lowest BCUT2D eigenvalue weighted by atomic mass is 10.0. The number of carbonyl (C=O) groups excluding carboxylic acids is 1. The molecule has 186 valence electrons. The number of carboxylic acids is 1. The first-order valence-corrected chi connectivity index (χ1v) is 12.6. The summed E-state index contributed by atoms with van der Waals surface area (Å²) in [5, 5.41) is 14.0. The molecule has 1 amide bonds. The van der Waals surface area contributed by atoms with Gasteiger partial charge in [0.25, 0.3) is 5.91 Å². The Labute approximate surface area is 213 Å². The maximum Gasteiger partial charge on any atom is 0.303 e. The highest BCUT2D eigenvalue weighted by atomic mass is 32.1. The molecule has 0 radical (unpaired) electrons. The summed E-state index contributed by atoms with van der Waals surface area (Å²) >= 11 is 1.40. The molecule has 4 aromatic rings. The van der Waals surface area contributed by atoms with Crippen molar-refractivity contribution in [1.29, 1.82) is 0 Å². The maximum absolute atomic E-state index is 12.5. The van der Waals surface area contributed by atoms with Gasteiger partial charge >= 0.3 is 5.97 Å². The summed E-state index contributed by atoms with van der Waals surface area (Å²) in [5.41, 5.74) is 4.51. The molecule has 7 nitrogen and oxygen atoms in total. The average Bonchev–Trinajstić information content (AvgIpc) is 3.48. The molecule has 0 saturated carbocycles. The van der Waals surface area contributed by atoms with Crippen molar-refractivity contribution in [3.63, 3.8) is 0 Å². The van der Waals surface area contributed by atoms with Gasteiger partial charge in [-0.05, 0) is 72.7 Å². The van der Waals surface area contributed by atoms with Gasteiger partial charge in [-0.2, -0.15) is 0 Å². The molecule has 0 spiro atoms. The average molecular weight is 505 g/mol. The molecule has 2 aromatic heterocycles. The van der Waals surface area contributed by atoms with Crippen LogP contribution in [0.5, 0.6) is 5.75 Å². The number of carbonyl (C=O) groups is 2. The van der Waals surface area contributed by atoms with Gasteiger partial charge in [0.2, 0.25) is 5.89 Å². The van der Waals surface area contributed by atoms with E-state index in [2.05, 4.69) is 10.3 Å². The lowest BCUT2D eigenvalue weighted by molar-refractivity contribution is -0.136. The molecule has 0 aliphatic carbocycles. The summed E-state index contributed by atoms with van der Waals surface area (Å²) in [6, 6.07) is 17.2. The van der Waals surface area contributed by atoms with Crippen LogP contribution in [0.3, 0.4) is 0 Å². The fourth-order valence-electron chi connectivity index (χ4n) is 3.78. The van der Waals surface area contributed by atoms with Gasteiger partial charge < -0.3 is 19.6 Å². The van der Waals surface area contributed by atoms with Gasteiger partial charge in [-0.3, -0.25) is 9.59 Å². The number of aromatic nitrogens is 1. The fourth-order valence-corrected chi connectivity index (χ4v) is 4.60. The maximum atomic E-state index is 12.5. The third kappa shape index (κ3) is 6.60. The lowest BCUT2D eigenvalue weighted by Gasteiger charge is -2.13. The Kier molecular flexibility index (Phi) is 8.17. The Balaban J connectivity index is 1.41. The van der Waals surface area contributed by atoms with E-state index in [0.717, 1.165) is 33.7 Å². The summed E-state index contributed by atoms with van der Waals surface area (Å²) in [6.45, 7) is 4.52. The summed E-state index contributed by atoms with van der Waals surface area (Å²) in [7, 11) is 0. The van der Waals surface area contributed by atoms with Gasteiger partial charge in [-0.1, -0.05) is 24.3 Å². The largest absolute Gasteiger partial charge is 0.493 e. The van der Waals surface area contributed by atoms with E-state index >= 15 is 0 Å². The predicted octanol–water partition coefficient (Wildman–Crippen LogP) is 5.59. The number of hydrogen-bond donors (Lipinski definition) is 2. The molecule has 0 aliphatic heterocycles. The highest BCUT2D eigenvalue weighted by Crippen LogP contribution is 2.23. The van der Waals surface area contributed by atoms with Crippen LogP contribution in [0.25, 0.3) is 11.5 Å². The first-order valence-electron chi connectivity index (χ1n) is 11.7. The van der Waals surface area contributed by atoms with Crippen LogP contribution >= 0.6 is 11.3 Å². The number of aryl methyl sites for hydroxylation is 3. The first kappa shape index (κ1) is 25.2. The third-order valence-corrected chi connectivity index (χ3v) is 6.75. The molecule has 0 saturated heterocycles. The van der Waals surface area contributed by atoms with Crippen LogP contribution in [0, 0.1) is 13.8 Å². The normalized spacial score (nSPS) is 10.8. The van der Waals surface area contributed by atoms with E-state index in [9.17, 15) is 9.59 Å². The van der Waals surface area contributed by atoms with E-state index in [1.54, 1.807) is 0 Å². The second kappa shape index (κ2) is 11.7. The van der Waals surface area contributed by atoms with Crippen LogP contribution in [-0.2, 0) is 24.2 Å². The van der Waals surface area contributed by atoms with Gasteiger partial charge in [-0.25, -0.2) is 4.98 Å². The number of nitrogens with zero attached hydrogens (tertiary/aromatic N) is 1. The zero-order valence-corrected chi connectivity index (χ0v) is 21.1. The van der Waals surface area contributed by atoms with Crippen molar-refractivity contribution in [2.75, 3.05) is 6.61 Å². The van der Waals surface area contributed by atoms with Crippen molar-refractivity contribution in [3.05, 3.63) is 93.0 Å². The fraction of sp³-hybridized carbons (Fsp3) is 0.250. The predicted molar refractivity (Wildman–Crippen MR) is 138 cm³/mol. The van der Waals surface area contributed by atoms with E-state index < -0.39 is 5.97 Å². The van der Waals surface area contributed by atoms with Crippen LogP contribution in [-0.4, -0.2) is 28.6 Å². The second-order valence-corrected chi connectivity index (χ2v) is 9.39. The minimum atomic E-state index is -0.864. The van der Waals surface area contributed by atoms with Crippen molar-refractivity contribution in [2.45, 2.75) is 39.7 Å². The third-order valence-electron chi connectivity index (χ3n) is 5.70. The van der Waals surface area contributed by atoms with Crippen molar-refractivity contribution in [2.24, 2.45) is 0 Å². The molecule has 0 fully saturated rings. The SMILES string of the molecule is Cc1csc(C(=O)NCc2cc(OCCc3nc(-c4ccccc4)oc3C)ccc2CCC(=O)O)c1. The second-order valence-electron chi connectivity index (χ2n) is 8.48. The van der Waals surface area contributed by atoms with E-state index in [4.69, 9.17) is 14.3 Å². The number of amides is 1. The zero-order valence-electron chi connectivity index (χ0n) is 20.2. The molecule has 0 unspecified atom stereocenters. The number of carboxylic acid groups (broad SMARTS) is 1. The zero-order chi connectivity index (χ0) is 25.5. The van der Waals surface area contributed by atoms with Gasteiger partial charge in [0, 0.05) is 24.9 Å². The molecule has 2 heterocycles. The molecule has 2 N–H and O–H groups in total. The van der Waals surface area contributed by atoms with Gasteiger partial charge in [0.05, 0.1) is 17.2 Å². The van der Waals surface area contributed by atoms with Gasteiger partial charge in [0.1, 0.15) is 11.5 Å². The Bertz CT molecular complexity index is 1340. The summed E-state index contributed by atoms with van der Waals surface area (Å²) in [6.07, 6.45) is 0.965. The number of hydrogen-bond acceptors (Lipinski definition) is 6. The highest BCUT2D eigenvalue weighted by Gasteiger charge is 2.13. The van der Waals surface area contributed by atoms with Crippen molar-refractivity contribution in [1.82, 2.24) is 10.3 Å². The molecule has 2 aromatic carbocycles. The van der Waals surface area contributed by atoms with Crippen LogP contribution < -0.4 is 10.1 Å². The Morgan fingerprint density at radius 2 is 1.86 bits per heavy atom. The quantitative estimate of drug-likeness (QED) is 0.276. The Hall–Kier alpha value is -3.91. The lowest BCUT2D eigenvalue weighted by Crippen LogP contribution is -2.22. The minimum absolute atomic E-state index is 0.0143. The number of nitrogens with one attached hydrogen (secondary N) is 1. The summed E-state index contributed by atoms with van der Waals surface area (Å²) in [5.74, 6) is 0.977. The number of benzene rings is 2. The Morgan fingerprint density at radius 1 is 1.06 bits per heavy atom. The van der Waals surface area contributed by atoms with Gasteiger partial charge in [0.15, 0.2) is 0 Å². The first-order chi connectivity index (χ1) is 17.4.